The molecule has 0 spiro atoms. The van der Waals surface area contributed by atoms with Crippen LogP contribution in [0, 0.1) is 5.41 Å². The third kappa shape index (κ3) is 6.76. The molecule has 0 heterocycles. The van der Waals surface area contributed by atoms with E-state index in [1.165, 1.54) is 0 Å². The van der Waals surface area contributed by atoms with Crippen LogP contribution in [-0.2, 0) is 4.79 Å². The highest BCUT2D eigenvalue weighted by molar-refractivity contribution is 5.76. The topological polar surface area (TPSA) is 41.1 Å². The van der Waals surface area contributed by atoms with Crippen molar-refractivity contribution in [3.8, 4) is 0 Å². The van der Waals surface area contributed by atoms with Crippen molar-refractivity contribution in [1.29, 1.82) is 0 Å². The van der Waals surface area contributed by atoms with E-state index < -0.39 is 0 Å². The Morgan fingerprint density at radius 2 is 1.62 bits per heavy atom. The van der Waals surface area contributed by atoms with Crippen molar-refractivity contribution in [3.05, 3.63) is 35.9 Å². The predicted octanol–water partition coefficient (Wildman–Crippen LogP) is 3.67. The number of amides is 1. The minimum absolute atomic E-state index is 0.0194. The van der Waals surface area contributed by atoms with E-state index in [0.29, 0.717) is 13.0 Å². The number of nitrogens with one attached hydrogen (secondary N) is 2. The largest absolute Gasteiger partial charge is 0.349 e. The zero-order valence-electron chi connectivity index (χ0n) is 14.3. The van der Waals surface area contributed by atoms with Crippen molar-refractivity contribution >= 4 is 5.91 Å². The summed E-state index contributed by atoms with van der Waals surface area (Å²) in [6, 6.07) is 10.2. The maximum Gasteiger partial charge on any atom is 0.221 e. The molecule has 0 radical (unpaired) electrons. The van der Waals surface area contributed by atoms with E-state index in [-0.39, 0.29) is 22.9 Å². The second-order valence-electron chi connectivity index (χ2n) is 7.70. The van der Waals surface area contributed by atoms with Gasteiger partial charge in [-0.05, 0) is 31.7 Å². The van der Waals surface area contributed by atoms with Crippen molar-refractivity contribution < 1.29 is 4.79 Å². The highest BCUT2D eigenvalue weighted by Crippen LogP contribution is 2.32. The molecule has 0 aliphatic rings. The molecule has 0 aromatic heterocycles. The zero-order valence-corrected chi connectivity index (χ0v) is 14.3. The van der Waals surface area contributed by atoms with Crippen molar-refractivity contribution in [2.75, 3.05) is 6.54 Å². The molecule has 0 bridgehead atoms. The van der Waals surface area contributed by atoms with Gasteiger partial charge >= 0.3 is 0 Å². The van der Waals surface area contributed by atoms with E-state index in [1.54, 1.807) is 0 Å². The summed E-state index contributed by atoms with van der Waals surface area (Å²) in [5.74, 6) is 0.0931. The van der Waals surface area contributed by atoms with Gasteiger partial charge in [-0.15, -0.1) is 0 Å². The third-order valence-corrected chi connectivity index (χ3v) is 3.31. The van der Waals surface area contributed by atoms with Crippen LogP contribution in [0.25, 0.3) is 0 Å². The Balaban J connectivity index is 2.64. The van der Waals surface area contributed by atoms with Crippen molar-refractivity contribution in [1.82, 2.24) is 10.6 Å². The zero-order chi connectivity index (χ0) is 16.1. The Bertz CT molecular complexity index is 441. The Labute approximate surface area is 129 Å². The van der Waals surface area contributed by atoms with Gasteiger partial charge in [-0.3, -0.25) is 4.79 Å². The molecule has 1 aromatic carbocycles. The molecule has 3 heteroatoms. The van der Waals surface area contributed by atoms with Crippen LogP contribution in [0.15, 0.2) is 30.3 Å². The predicted molar refractivity (Wildman–Crippen MR) is 89.2 cm³/mol. The van der Waals surface area contributed by atoms with Gasteiger partial charge in [0.15, 0.2) is 0 Å². The maximum absolute atomic E-state index is 12.2. The van der Waals surface area contributed by atoms with E-state index in [9.17, 15) is 4.79 Å². The summed E-state index contributed by atoms with van der Waals surface area (Å²) in [5, 5.41) is 6.52. The Kier molecular flexibility index (Phi) is 5.97. The summed E-state index contributed by atoms with van der Waals surface area (Å²) in [6.07, 6.45) is 0.497. The summed E-state index contributed by atoms with van der Waals surface area (Å²) in [7, 11) is 0. The standard InChI is InChI=1S/C18H30N2O/c1-17(2,3)16(14-10-8-7-9-11-14)20-15(21)12-13-19-18(4,5)6/h7-11,16,19H,12-13H2,1-6H3,(H,20,21). The van der Waals surface area contributed by atoms with Crippen LogP contribution in [0.2, 0.25) is 0 Å². The van der Waals surface area contributed by atoms with Crippen molar-refractivity contribution in [2.45, 2.75) is 59.5 Å². The molecule has 1 unspecified atom stereocenters. The van der Waals surface area contributed by atoms with E-state index in [4.69, 9.17) is 0 Å². The van der Waals surface area contributed by atoms with Crippen LogP contribution in [0.3, 0.4) is 0 Å². The van der Waals surface area contributed by atoms with Crippen LogP contribution in [-0.4, -0.2) is 18.0 Å². The van der Waals surface area contributed by atoms with Gasteiger partial charge in [0.25, 0.3) is 0 Å². The number of carbonyl (C=O) groups is 1. The van der Waals surface area contributed by atoms with Crippen molar-refractivity contribution in [2.24, 2.45) is 5.41 Å². The Morgan fingerprint density at radius 1 is 1.05 bits per heavy atom. The first-order valence-corrected chi connectivity index (χ1v) is 7.69. The number of hydrogen-bond donors (Lipinski definition) is 2. The number of hydrogen-bond acceptors (Lipinski definition) is 2. The summed E-state index contributed by atoms with van der Waals surface area (Å²) in [5.41, 5.74) is 1.18. The first kappa shape index (κ1) is 17.7. The molecule has 21 heavy (non-hydrogen) atoms. The minimum Gasteiger partial charge on any atom is -0.349 e. The highest BCUT2D eigenvalue weighted by atomic mass is 16.1. The van der Waals surface area contributed by atoms with Gasteiger partial charge in [-0.2, -0.15) is 0 Å². The van der Waals surface area contributed by atoms with Gasteiger partial charge in [-0.25, -0.2) is 0 Å². The molecule has 1 rings (SSSR count). The Morgan fingerprint density at radius 3 is 2.10 bits per heavy atom. The lowest BCUT2D eigenvalue weighted by molar-refractivity contribution is -0.122. The lowest BCUT2D eigenvalue weighted by Crippen LogP contribution is -2.41. The Hall–Kier alpha value is -1.35. The van der Waals surface area contributed by atoms with Crippen LogP contribution in [0.1, 0.15) is 59.6 Å². The normalized spacial score (nSPS) is 13.8. The van der Waals surface area contributed by atoms with E-state index in [1.807, 2.05) is 18.2 Å². The second-order valence-corrected chi connectivity index (χ2v) is 7.70. The van der Waals surface area contributed by atoms with E-state index in [2.05, 4.69) is 64.3 Å². The number of carbonyl (C=O) groups excluding carboxylic acids is 1. The average Bonchev–Trinajstić information content (AvgIpc) is 2.34. The fraction of sp³-hybridized carbons (Fsp3) is 0.611. The first-order chi connectivity index (χ1) is 9.59. The smallest absolute Gasteiger partial charge is 0.221 e. The monoisotopic (exact) mass is 290 g/mol. The van der Waals surface area contributed by atoms with Gasteiger partial charge in [0.2, 0.25) is 5.91 Å². The van der Waals surface area contributed by atoms with E-state index >= 15 is 0 Å². The quantitative estimate of drug-likeness (QED) is 0.868. The second kappa shape index (κ2) is 7.08. The number of rotatable bonds is 5. The SMILES string of the molecule is CC(C)(C)NCCC(=O)NC(c1ccccc1)C(C)(C)C. The number of benzene rings is 1. The molecule has 1 atom stereocenters. The van der Waals surface area contributed by atoms with Crippen LogP contribution < -0.4 is 10.6 Å². The summed E-state index contributed by atoms with van der Waals surface area (Å²) in [4.78, 5) is 12.2. The fourth-order valence-electron chi connectivity index (χ4n) is 2.23. The van der Waals surface area contributed by atoms with Crippen LogP contribution in [0.5, 0.6) is 0 Å². The molecule has 0 saturated carbocycles. The molecule has 0 aliphatic carbocycles. The lowest BCUT2D eigenvalue weighted by Gasteiger charge is -2.32. The molecular weight excluding hydrogens is 260 g/mol. The van der Waals surface area contributed by atoms with Gasteiger partial charge in [0, 0.05) is 18.5 Å². The maximum atomic E-state index is 12.2. The van der Waals surface area contributed by atoms with Gasteiger partial charge in [0.05, 0.1) is 6.04 Å². The molecule has 1 aromatic rings. The summed E-state index contributed by atoms with van der Waals surface area (Å²) >= 11 is 0. The van der Waals surface area contributed by atoms with Crippen LogP contribution >= 0.6 is 0 Å². The van der Waals surface area contributed by atoms with Crippen molar-refractivity contribution in [3.63, 3.8) is 0 Å². The average molecular weight is 290 g/mol. The van der Waals surface area contributed by atoms with E-state index in [0.717, 1.165) is 5.56 Å². The van der Waals surface area contributed by atoms with Gasteiger partial charge in [0.1, 0.15) is 0 Å². The molecule has 1 amide bonds. The molecule has 3 nitrogen and oxygen atoms in total. The fourth-order valence-corrected chi connectivity index (χ4v) is 2.23. The highest BCUT2D eigenvalue weighted by Gasteiger charge is 2.27. The van der Waals surface area contributed by atoms with Crippen LogP contribution in [0.4, 0.5) is 0 Å². The molecular formula is C18H30N2O. The molecule has 118 valence electrons. The molecule has 0 saturated heterocycles. The first-order valence-electron chi connectivity index (χ1n) is 7.69. The molecule has 0 fully saturated rings. The molecule has 2 N–H and O–H groups in total. The minimum atomic E-state index is -0.0194. The summed E-state index contributed by atoms with van der Waals surface area (Å²) < 4.78 is 0. The third-order valence-electron chi connectivity index (χ3n) is 3.31. The van der Waals surface area contributed by atoms with Gasteiger partial charge in [-0.1, -0.05) is 51.1 Å². The van der Waals surface area contributed by atoms with Gasteiger partial charge < -0.3 is 10.6 Å². The summed E-state index contributed by atoms with van der Waals surface area (Å²) in [6.45, 7) is 13.5. The lowest BCUT2D eigenvalue weighted by atomic mass is 9.82. The molecule has 0 aliphatic heterocycles.